The van der Waals surface area contributed by atoms with E-state index in [-0.39, 0.29) is 50.7 Å². The topological polar surface area (TPSA) is 104 Å². The second-order valence-corrected chi connectivity index (χ2v) is 11.9. The summed E-state index contributed by atoms with van der Waals surface area (Å²) < 4.78 is 0. The fraction of sp³-hybridized carbons (Fsp3) is 0.0455. The molecule has 2 atom stereocenters. The van der Waals surface area contributed by atoms with Gasteiger partial charge in [0, 0.05) is 33.6 Å². The molecule has 0 spiro atoms. The molecule has 0 saturated heterocycles. The van der Waals surface area contributed by atoms with E-state index >= 15 is 0 Å². The summed E-state index contributed by atoms with van der Waals surface area (Å²) in [5, 5.41) is 32.5. The molecule has 0 heterocycles. The van der Waals surface area contributed by atoms with E-state index in [0.29, 0.717) is 22.3 Å². The minimum atomic E-state index is -0.490. The molecule has 0 radical (unpaired) electrons. The minimum absolute atomic E-state index is 0. The summed E-state index contributed by atoms with van der Waals surface area (Å²) in [6.45, 7) is 0. The third kappa shape index (κ3) is 7.12. The number of para-hydroxylation sites is 2. The summed E-state index contributed by atoms with van der Waals surface area (Å²) in [5.41, 5.74) is 5.98. The molecule has 2 aliphatic carbocycles. The summed E-state index contributed by atoms with van der Waals surface area (Å²) in [6.07, 6.45) is 0. The Bertz CT molecular complexity index is 2060. The Morgan fingerprint density at radius 2 is 0.647 bits per heavy atom. The first-order valence-electron chi connectivity index (χ1n) is 16.3. The quantitative estimate of drug-likeness (QED) is 0.158. The Balaban J connectivity index is 0.000000172. The second kappa shape index (κ2) is 15.6. The van der Waals surface area contributed by atoms with Crippen LogP contribution < -0.4 is 20.8 Å². The molecule has 6 aromatic rings. The molecular formula is C44H32N2NiO4. The van der Waals surface area contributed by atoms with Gasteiger partial charge in [-0.25, -0.2) is 0 Å². The Morgan fingerprint density at radius 3 is 0.961 bits per heavy atom. The van der Waals surface area contributed by atoms with Crippen molar-refractivity contribution >= 4 is 34.5 Å². The molecular weight excluding hydrogens is 679 g/mol. The Labute approximate surface area is 306 Å². The number of carbonyl (C=O) groups excluding carboxylic acids is 2. The first kappa shape index (κ1) is 34.7. The zero-order valence-electron chi connectivity index (χ0n) is 27.3. The summed E-state index contributed by atoms with van der Waals surface area (Å²) in [5.74, 6) is -0.786. The molecule has 2 aliphatic rings. The number of Topliss-reactive ketones (excluding diaryl/α,β-unsaturated/α-hetero) is 2. The van der Waals surface area contributed by atoms with Gasteiger partial charge in [-0.3, -0.25) is 9.59 Å². The van der Waals surface area contributed by atoms with E-state index in [0.717, 1.165) is 22.5 Å². The molecule has 0 aliphatic heterocycles. The van der Waals surface area contributed by atoms with Gasteiger partial charge in [-0.2, -0.15) is 0 Å². The summed E-state index contributed by atoms with van der Waals surface area (Å²) in [7, 11) is 0. The fourth-order valence-corrected chi connectivity index (χ4v) is 6.41. The van der Waals surface area contributed by atoms with Crippen molar-refractivity contribution in [1.29, 1.82) is 0 Å². The first-order chi connectivity index (χ1) is 24.5. The molecule has 7 heteroatoms. The number of anilines is 2. The number of hydrogen-bond acceptors (Lipinski definition) is 6. The number of ketones is 2. The number of rotatable bonds is 8. The number of nitrogens with one attached hydrogen (secondary N) is 2. The molecule has 0 fully saturated rings. The van der Waals surface area contributed by atoms with E-state index in [9.17, 15) is 19.8 Å². The van der Waals surface area contributed by atoms with Crippen molar-refractivity contribution in [2.75, 3.05) is 10.6 Å². The van der Waals surface area contributed by atoms with Gasteiger partial charge < -0.3 is 20.8 Å². The molecule has 0 saturated carbocycles. The zero-order valence-corrected chi connectivity index (χ0v) is 28.3. The maximum absolute atomic E-state index is 12.9. The molecule has 0 bridgehead atoms. The number of fused-ring (bicyclic) bond motifs is 2. The van der Waals surface area contributed by atoms with E-state index in [2.05, 4.69) is 10.6 Å². The molecule has 252 valence electrons. The molecule has 6 aromatic carbocycles. The van der Waals surface area contributed by atoms with E-state index in [1.807, 2.05) is 121 Å². The SMILES string of the molecule is O=C1C(C(Nc2ccccc2)c2ccccc2)=C([O-])c2ccccc21.O=C1C(C(Nc2ccccc2)c2ccccc2)=C([O-])c2ccccc21.[Ni+2]. The number of benzene rings is 6. The van der Waals surface area contributed by atoms with Crippen molar-refractivity contribution in [2.24, 2.45) is 0 Å². The average molecular weight is 711 g/mol. The number of carbonyl (C=O) groups is 2. The van der Waals surface area contributed by atoms with Gasteiger partial charge in [-0.15, -0.1) is 0 Å². The Kier molecular flexibility index (Phi) is 10.6. The van der Waals surface area contributed by atoms with Gasteiger partial charge in [0.2, 0.25) is 0 Å². The van der Waals surface area contributed by atoms with Crippen molar-refractivity contribution in [3.63, 3.8) is 0 Å². The fourth-order valence-electron chi connectivity index (χ4n) is 6.41. The van der Waals surface area contributed by atoms with Crippen LogP contribution in [0.15, 0.2) is 181 Å². The van der Waals surface area contributed by atoms with E-state index in [4.69, 9.17) is 0 Å². The van der Waals surface area contributed by atoms with Crippen molar-refractivity contribution in [3.05, 3.63) is 214 Å². The van der Waals surface area contributed by atoms with Crippen molar-refractivity contribution < 1.29 is 36.3 Å². The van der Waals surface area contributed by atoms with Crippen LogP contribution in [0, 0.1) is 0 Å². The van der Waals surface area contributed by atoms with Gasteiger partial charge >= 0.3 is 16.5 Å². The predicted molar refractivity (Wildman–Crippen MR) is 194 cm³/mol. The third-order valence-electron chi connectivity index (χ3n) is 8.82. The van der Waals surface area contributed by atoms with Gasteiger partial charge in [-0.1, -0.05) is 157 Å². The molecule has 0 amide bonds. The van der Waals surface area contributed by atoms with Crippen LogP contribution in [0.1, 0.15) is 55.1 Å². The monoisotopic (exact) mass is 710 g/mol. The van der Waals surface area contributed by atoms with Crippen LogP contribution in [0.25, 0.3) is 11.5 Å². The summed E-state index contributed by atoms with van der Waals surface area (Å²) in [4.78, 5) is 25.8. The number of hydrogen-bond donors (Lipinski definition) is 2. The second-order valence-electron chi connectivity index (χ2n) is 11.9. The van der Waals surface area contributed by atoms with Crippen LogP contribution in [-0.2, 0) is 16.5 Å². The molecule has 8 rings (SSSR count). The standard InChI is InChI=1S/2C22H17NO2.Ni/c2*24-21-17-13-7-8-14-18(17)22(25)19(21)20(15-9-3-1-4-10-15)23-16-11-5-2-6-12-16;/h2*1-14,20,23-24H;/q;;+2/p-2. The zero-order chi connectivity index (χ0) is 34.5. The maximum Gasteiger partial charge on any atom is 2.00 e. The summed E-state index contributed by atoms with van der Waals surface area (Å²) in [6, 6.07) is 51.4. The Morgan fingerprint density at radius 1 is 0.373 bits per heavy atom. The van der Waals surface area contributed by atoms with Gasteiger partial charge in [0.1, 0.15) is 0 Å². The normalized spacial score (nSPS) is 14.0. The average Bonchev–Trinajstić information content (AvgIpc) is 3.58. The molecule has 2 N–H and O–H groups in total. The largest absolute Gasteiger partial charge is 2.00 e. The molecule has 6 nitrogen and oxygen atoms in total. The Hall–Kier alpha value is -6.17. The molecule has 51 heavy (non-hydrogen) atoms. The van der Waals surface area contributed by atoms with Crippen LogP contribution in [0.4, 0.5) is 11.4 Å². The maximum atomic E-state index is 12.9. The van der Waals surface area contributed by atoms with Crippen LogP contribution >= 0.6 is 0 Å². The van der Waals surface area contributed by atoms with Crippen LogP contribution in [0.3, 0.4) is 0 Å². The van der Waals surface area contributed by atoms with Gasteiger partial charge in [0.25, 0.3) is 0 Å². The minimum Gasteiger partial charge on any atom is -0.872 e. The van der Waals surface area contributed by atoms with E-state index in [1.54, 1.807) is 48.5 Å². The van der Waals surface area contributed by atoms with Crippen molar-refractivity contribution in [1.82, 2.24) is 0 Å². The summed E-state index contributed by atoms with van der Waals surface area (Å²) >= 11 is 0. The smallest absolute Gasteiger partial charge is 0.872 e. The first-order valence-corrected chi connectivity index (χ1v) is 16.3. The molecule has 2 unspecified atom stereocenters. The van der Waals surface area contributed by atoms with Gasteiger partial charge in [-0.05, 0) is 46.5 Å². The van der Waals surface area contributed by atoms with Crippen molar-refractivity contribution in [2.45, 2.75) is 12.1 Å². The van der Waals surface area contributed by atoms with Gasteiger partial charge in [0.05, 0.1) is 12.1 Å². The third-order valence-corrected chi connectivity index (χ3v) is 8.82. The molecule has 0 aromatic heterocycles. The van der Waals surface area contributed by atoms with E-state index < -0.39 is 12.1 Å². The predicted octanol–water partition coefficient (Wildman–Crippen LogP) is 7.61. The van der Waals surface area contributed by atoms with Crippen LogP contribution in [0.5, 0.6) is 0 Å². The van der Waals surface area contributed by atoms with Crippen molar-refractivity contribution in [3.8, 4) is 0 Å². The van der Waals surface area contributed by atoms with Gasteiger partial charge in [0.15, 0.2) is 11.6 Å². The van der Waals surface area contributed by atoms with E-state index in [1.165, 1.54) is 0 Å². The van der Waals surface area contributed by atoms with Crippen LogP contribution in [0.2, 0.25) is 0 Å². The van der Waals surface area contributed by atoms with Crippen LogP contribution in [-0.4, -0.2) is 11.6 Å².